The lowest BCUT2D eigenvalue weighted by Gasteiger charge is -2.11. The molecule has 0 bridgehead atoms. The van der Waals surface area contributed by atoms with Crippen molar-refractivity contribution in [1.82, 2.24) is 4.98 Å². The summed E-state index contributed by atoms with van der Waals surface area (Å²) in [6.45, 7) is 0. The number of allylic oxidation sites excluding steroid dienone is 2. The van der Waals surface area contributed by atoms with E-state index in [4.69, 9.17) is 0 Å². The minimum absolute atomic E-state index is 0.968. The summed E-state index contributed by atoms with van der Waals surface area (Å²) >= 11 is 0. The maximum absolute atomic E-state index is 4.23. The van der Waals surface area contributed by atoms with Crippen molar-refractivity contribution in [2.75, 3.05) is 19.0 Å². The van der Waals surface area contributed by atoms with Crippen molar-refractivity contribution in [3.05, 3.63) is 72.1 Å². The highest BCUT2D eigenvalue weighted by Crippen LogP contribution is 2.13. The quantitative estimate of drug-likeness (QED) is 0.766. The predicted molar refractivity (Wildman–Crippen MR) is 83.1 cm³/mol. The molecule has 0 N–H and O–H groups in total. The number of pyridine rings is 1. The molecular weight excluding hydrogens is 232 g/mol. The maximum atomic E-state index is 4.23. The first-order valence-electron chi connectivity index (χ1n) is 6.29. The van der Waals surface area contributed by atoms with Crippen LogP contribution in [0, 0.1) is 0 Å². The van der Waals surface area contributed by atoms with Gasteiger partial charge < -0.3 is 4.90 Å². The van der Waals surface area contributed by atoms with Crippen molar-refractivity contribution in [3.63, 3.8) is 0 Å². The number of hydrogen-bond donors (Lipinski definition) is 0. The molecule has 0 aliphatic heterocycles. The molecule has 1 heterocycles. The van der Waals surface area contributed by atoms with Gasteiger partial charge in [-0.3, -0.25) is 4.98 Å². The molecule has 1 aromatic heterocycles. The molecule has 0 amide bonds. The van der Waals surface area contributed by atoms with E-state index in [0.717, 1.165) is 5.69 Å². The SMILES string of the molecule is CN(C)c1ccc(/C=C/C=C/c2ccccn2)cc1. The third kappa shape index (κ3) is 4.11. The van der Waals surface area contributed by atoms with Crippen LogP contribution in [-0.2, 0) is 0 Å². The lowest BCUT2D eigenvalue weighted by molar-refractivity contribution is 1.13. The van der Waals surface area contributed by atoms with Crippen molar-refractivity contribution >= 4 is 17.8 Å². The van der Waals surface area contributed by atoms with Crippen LogP contribution in [0.5, 0.6) is 0 Å². The van der Waals surface area contributed by atoms with Gasteiger partial charge in [0.15, 0.2) is 0 Å². The van der Waals surface area contributed by atoms with E-state index in [2.05, 4.69) is 40.2 Å². The Labute approximate surface area is 114 Å². The molecule has 0 unspecified atom stereocenters. The van der Waals surface area contributed by atoms with Crippen molar-refractivity contribution < 1.29 is 0 Å². The standard InChI is InChI=1S/C17H18N2/c1-19(2)17-12-10-15(11-13-17)7-3-4-8-16-9-5-6-14-18-16/h3-14H,1-2H3/b7-3+,8-4+. The molecule has 0 aliphatic carbocycles. The van der Waals surface area contributed by atoms with E-state index in [1.165, 1.54) is 11.3 Å². The lowest BCUT2D eigenvalue weighted by Crippen LogP contribution is -2.07. The molecule has 0 saturated heterocycles. The first-order valence-corrected chi connectivity index (χ1v) is 6.29. The van der Waals surface area contributed by atoms with Gasteiger partial charge in [-0.05, 0) is 35.9 Å². The molecule has 96 valence electrons. The molecule has 0 spiro atoms. The van der Waals surface area contributed by atoms with Gasteiger partial charge in [0.1, 0.15) is 0 Å². The Morgan fingerprint density at radius 1 is 0.895 bits per heavy atom. The van der Waals surface area contributed by atoms with Crippen molar-refractivity contribution in [2.45, 2.75) is 0 Å². The van der Waals surface area contributed by atoms with Crippen LogP contribution < -0.4 is 4.90 Å². The maximum Gasteiger partial charge on any atom is 0.0629 e. The molecule has 2 aromatic rings. The molecule has 0 atom stereocenters. The van der Waals surface area contributed by atoms with Crippen LogP contribution in [0.15, 0.2) is 60.8 Å². The van der Waals surface area contributed by atoms with Gasteiger partial charge in [-0.1, -0.05) is 36.4 Å². The molecule has 0 fully saturated rings. The van der Waals surface area contributed by atoms with E-state index in [1.54, 1.807) is 6.20 Å². The van der Waals surface area contributed by atoms with Gasteiger partial charge in [0.25, 0.3) is 0 Å². The Balaban J connectivity index is 1.97. The Morgan fingerprint density at radius 3 is 2.26 bits per heavy atom. The predicted octanol–water partition coefficient (Wildman–Crippen LogP) is 3.87. The third-order valence-corrected chi connectivity index (χ3v) is 2.76. The molecule has 0 aliphatic rings. The lowest BCUT2D eigenvalue weighted by atomic mass is 10.2. The Morgan fingerprint density at radius 2 is 1.63 bits per heavy atom. The summed E-state index contributed by atoms with van der Waals surface area (Å²) in [6.07, 6.45) is 9.90. The molecule has 2 heteroatoms. The average Bonchev–Trinajstić information content (AvgIpc) is 2.45. The van der Waals surface area contributed by atoms with Crippen molar-refractivity contribution in [3.8, 4) is 0 Å². The first kappa shape index (κ1) is 13.1. The summed E-state index contributed by atoms with van der Waals surface area (Å²) in [5.74, 6) is 0. The Hall–Kier alpha value is -2.35. The van der Waals surface area contributed by atoms with Crippen LogP contribution in [0.3, 0.4) is 0 Å². The fourth-order valence-electron chi connectivity index (χ4n) is 1.68. The zero-order chi connectivity index (χ0) is 13.5. The van der Waals surface area contributed by atoms with Gasteiger partial charge in [0.05, 0.1) is 5.69 Å². The monoisotopic (exact) mass is 250 g/mol. The summed E-state index contributed by atoms with van der Waals surface area (Å²) in [6, 6.07) is 14.3. The second kappa shape index (κ2) is 6.55. The van der Waals surface area contributed by atoms with Crippen LogP contribution in [-0.4, -0.2) is 19.1 Å². The number of rotatable bonds is 4. The van der Waals surface area contributed by atoms with Crippen molar-refractivity contribution in [1.29, 1.82) is 0 Å². The number of anilines is 1. The average molecular weight is 250 g/mol. The normalized spacial score (nSPS) is 11.3. The summed E-state index contributed by atoms with van der Waals surface area (Å²) < 4.78 is 0. The number of hydrogen-bond acceptors (Lipinski definition) is 2. The van der Waals surface area contributed by atoms with Crippen LogP contribution in [0.2, 0.25) is 0 Å². The zero-order valence-electron chi connectivity index (χ0n) is 11.3. The fourth-order valence-corrected chi connectivity index (χ4v) is 1.68. The smallest absolute Gasteiger partial charge is 0.0629 e. The summed E-state index contributed by atoms with van der Waals surface area (Å²) in [4.78, 5) is 6.32. The molecule has 0 radical (unpaired) electrons. The molecule has 1 aromatic carbocycles. The largest absolute Gasteiger partial charge is 0.378 e. The van der Waals surface area contributed by atoms with Gasteiger partial charge in [-0.2, -0.15) is 0 Å². The van der Waals surface area contributed by atoms with E-state index in [9.17, 15) is 0 Å². The van der Waals surface area contributed by atoms with Gasteiger partial charge in [-0.25, -0.2) is 0 Å². The topological polar surface area (TPSA) is 16.1 Å². The zero-order valence-corrected chi connectivity index (χ0v) is 11.3. The van der Waals surface area contributed by atoms with E-state index >= 15 is 0 Å². The first-order chi connectivity index (χ1) is 9.25. The van der Waals surface area contributed by atoms with Gasteiger partial charge in [-0.15, -0.1) is 0 Å². The summed E-state index contributed by atoms with van der Waals surface area (Å²) in [5.41, 5.74) is 3.37. The third-order valence-electron chi connectivity index (χ3n) is 2.76. The molecular formula is C17H18N2. The van der Waals surface area contributed by atoms with Crippen LogP contribution in [0.4, 0.5) is 5.69 Å². The van der Waals surface area contributed by atoms with Crippen LogP contribution >= 0.6 is 0 Å². The highest BCUT2D eigenvalue weighted by molar-refractivity contribution is 5.58. The highest BCUT2D eigenvalue weighted by Gasteiger charge is 1.92. The number of nitrogens with zero attached hydrogens (tertiary/aromatic N) is 2. The molecule has 19 heavy (non-hydrogen) atoms. The number of aromatic nitrogens is 1. The second-order valence-corrected chi connectivity index (χ2v) is 4.46. The van der Waals surface area contributed by atoms with E-state index in [-0.39, 0.29) is 0 Å². The van der Waals surface area contributed by atoms with Crippen LogP contribution in [0.25, 0.3) is 12.2 Å². The minimum atomic E-state index is 0.968. The van der Waals surface area contributed by atoms with Crippen molar-refractivity contribution in [2.24, 2.45) is 0 Å². The molecule has 0 saturated carbocycles. The Bertz CT molecular complexity index is 552. The van der Waals surface area contributed by atoms with Gasteiger partial charge in [0.2, 0.25) is 0 Å². The van der Waals surface area contributed by atoms with E-state index in [1.807, 2.05) is 50.5 Å². The van der Waals surface area contributed by atoms with E-state index < -0.39 is 0 Å². The molecule has 2 rings (SSSR count). The van der Waals surface area contributed by atoms with Gasteiger partial charge in [0, 0.05) is 26.0 Å². The number of benzene rings is 1. The van der Waals surface area contributed by atoms with Gasteiger partial charge >= 0.3 is 0 Å². The summed E-state index contributed by atoms with van der Waals surface area (Å²) in [5, 5.41) is 0. The van der Waals surface area contributed by atoms with E-state index in [0.29, 0.717) is 0 Å². The van der Waals surface area contributed by atoms with Crippen LogP contribution in [0.1, 0.15) is 11.3 Å². The fraction of sp³-hybridized carbons (Fsp3) is 0.118. The highest BCUT2D eigenvalue weighted by atomic mass is 15.1. The minimum Gasteiger partial charge on any atom is -0.378 e. The summed E-state index contributed by atoms with van der Waals surface area (Å²) in [7, 11) is 4.08. The molecule has 2 nitrogen and oxygen atoms in total. The Kier molecular flexibility index (Phi) is 4.51. The second-order valence-electron chi connectivity index (χ2n) is 4.46.